The lowest BCUT2D eigenvalue weighted by molar-refractivity contribution is -0.212. The number of aromatic nitrogens is 5. The quantitative estimate of drug-likeness (QED) is 0.282. The minimum absolute atomic E-state index is 0.0616. The molecule has 3 heterocycles. The van der Waals surface area contributed by atoms with Gasteiger partial charge >= 0.3 is 6.30 Å². The summed E-state index contributed by atoms with van der Waals surface area (Å²) < 4.78 is 40.6. The summed E-state index contributed by atoms with van der Waals surface area (Å²) in [6.07, 6.45) is 0.416. The fourth-order valence-corrected chi connectivity index (χ4v) is 5.13. The molecule has 0 unspecified atom stereocenters. The summed E-state index contributed by atoms with van der Waals surface area (Å²) in [5, 5.41) is 11.8. The normalized spacial score (nSPS) is 13.6. The van der Waals surface area contributed by atoms with E-state index in [0.717, 1.165) is 25.2 Å². The van der Waals surface area contributed by atoms with Crippen molar-refractivity contribution in [2.45, 2.75) is 25.7 Å². The molecule has 1 aliphatic carbocycles. The van der Waals surface area contributed by atoms with E-state index in [0.29, 0.717) is 44.3 Å². The fourth-order valence-electron chi connectivity index (χ4n) is 4.89. The van der Waals surface area contributed by atoms with Gasteiger partial charge in [-0.15, -0.1) is 13.2 Å². The summed E-state index contributed by atoms with van der Waals surface area (Å²) >= 11 is 6.57. The summed E-state index contributed by atoms with van der Waals surface area (Å²) in [4.78, 5) is 31.5. The summed E-state index contributed by atoms with van der Waals surface area (Å²) in [6.45, 7) is -0.0616. The molecule has 6 rings (SSSR count). The predicted molar refractivity (Wildman–Crippen MR) is 150 cm³/mol. The summed E-state index contributed by atoms with van der Waals surface area (Å²) in [5.74, 6) is -0.483. The van der Waals surface area contributed by atoms with Gasteiger partial charge in [0, 0.05) is 47.7 Å². The largest absolute Gasteiger partial charge is 0.504 e. The molecule has 0 bridgehead atoms. The molecule has 3 aromatic heterocycles. The molecular formula is C28H24ClF3N8O2. The van der Waals surface area contributed by atoms with Crippen LogP contribution in [0.1, 0.15) is 28.8 Å². The van der Waals surface area contributed by atoms with Crippen LogP contribution >= 0.6 is 11.6 Å². The van der Waals surface area contributed by atoms with E-state index < -0.39 is 12.2 Å². The number of fused-ring (bicyclic) bond motifs is 3. The van der Waals surface area contributed by atoms with Gasteiger partial charge in [0.1, 0.15) is 5.82 Å². The number of nitrogens with zero attached hydrogens (tertiary/aromatic N) is 7. The zero-order valence-electron chi connectivity index (χ0n) is 22.4. The number of nitrogen functional groups attached to an aromatic ring is 1. The summed E-state index contributed by atoms with van der Waals surface area (Å²) in [7, 11) is 3.30. The molecule has 1 aliphatic rings. The SMILES string of the molecule is CN(C(=O)C1CC1)N(Cc1ccc(-c2cnn(C(F)(F)F)c2)cc1Cl)C(=O)c1ccc2nc(N)c3cnn(C)c3c2c1. The number of amides is 2. The Morgan fingerprint density at radius 1 is 1.07 bits per heavy atom. The highest BCUT2D eigenvalue weighted by Crippen LogP contribution is 2.34. The lowest BCUT2D eigenvalue weighted by Gasteiger charge is -2.32. The van der Waals surface area contributed by atoms with Crippen LogP contribution in [0.5, 0.6) is 0 Å². The van der Waals surface area contributed by atoms with Crippen LogP contribution in [0.2, 0.25) is 5.02 Å². The molecule has 0 aliphatic heterocycles. The van der Waals surface area contributed by atoms with E-state index in [-0.39, 0.29) is 33.6 Å². The van der Waals surface area contributed by atoms with Crippen molar-refractivity contribution in [3.8, 4) is 11.1 Å². The van der Waals surface area contributed by atoms with Crippen molar-refractivity contribution in [3.05, 3.63) is 71.1 Å². The highest BCUT2D eigenvalue weighted by atomic mass is 35.5. The number of anilines is 1. The van der Waals surface area contributed by atoms with Crippen LogP contribution in [-0.2, 0) is 24.7 Å². The molecular weight excluding hydrogens is 573 g/mol. The predicted octanol–water partition coefficient (Wildman–Crippen LogP) is 5.12. The summed E-state index contributed by atoms with van der Waals surface area (Å²) in [5.41, 5.74) is 8.85. The van der Waals surface area contributed by atoms with Gasteiger partial charge in [0.05, 0.1) is 35.4 Å². The highest BCUT2D eigenvalue weighted by Gasteiger charge is 2.36. The number of nitrogens with two attached hydrogens (primary N) is 1. The Labute approximate surface area is 242 Å². The lowest BCUT2D eigenvalue weighted by Crippen LogP contribution is -2.47. The molecule has 1 saturated carbocycles. The number of pyridine rings is 1. The van der Waals surface area contributed by atoms with Gasteiger partial charge in [-0.2, -0.15) is 14.9 Å². The lowest BCUT2D eigenvalue weighted by atomic mass is 10.1. The van der Waals surface area contributed by atoms with Gasteiger partial charge < -0.3 is 5.73 Å². The Hall–Kier alpha value is -4.65. The standard InChI is InChI=1S/C28H24ClF3N8O2/c1-37-24-20-9-17(7-8-23(20)36-25(33)21(24)12-34-37)27(42)39(38(2)26(41)15-3-4-15)13-18-6-5-16(10-22(18)29)19-11-35-40(14-19)28(30,31)32/h5-12,14-15H,3-4,13H2,1-2H3,(H2,33,36). The third-order valence-corrected chi connectivity index (χ3v) is 7.70. The zero-order chi connectivity index (χ0) is 29.9. The third-order valence-electron chi connectivity index (χ3n) is 7.35. The fraction of sp³-hybridized carbons (Fsp3) is 0.250. The van der Waals surface area contributed by atoms with Crippen LogP contribution < -0.4 is 5.73 Å². The number of hydrazine groups is 1. The average molecular weight is 597 g/mol. The van der Waals surface area contributed by atoms with Crippen molar-refractivity contribution < 1.29 is 22.8 Å². The molecule has 0 atom stereocenters. The zero-order valence-corrected chi connectivity index (χ0v) is 23.2. The maximum absolute atomic E-state index is 14.0. The monoisotopic (exact) mass is 596 g/mol. The second-order valence-corrected chi connectivity index (χ2v) is 10.6. The van der Waals surface area contributed by atoms with E-state index in [1.807, 2.05) is 0 Å². The number of carbonyl (C=O) groups excluding carboxylic acids is 2. The smallest absolute Gasteiger partial charge is 0.383 e. The van der Waals surface area contributed by atoms with Crippen molar-refractivity contribution in [1.82, 2.24) is 34.6 Å². The van der Waals surface area contributed by atoms with E-state index in [4.69, 9.17) is 17.3 Å². The van der Waals surface area contributed by atoms with Crippen molar-refractivity contribution in [2.75, 3.05) is 12.8 Å². The van der Waals surface area contributed by atoms with Crippen molar-refractivity contribution >= 4 is 51.0 Å². The van der Waals surface area contributed by atoms with Crippen LogP contribution in [-0.4, -0.2) is 53.4 Å². The maximum atomic E-state index is 14.0. The van der Waals surface area contributed by atoms with Gasteiger partial charge in [0.25, 0.3) is 5.91 Å². The molecule has 2 N–H and O–H groups in total. The Kier molecular flexibility index (Phi) is 6.56. The maximum Gasteiger partial charge on any atom is 0.504 e. The number of hydrogen-bond donors (Lipinski definition) is 1. The number of rotatable bonds is 5. The van der Waals surface area contributed by atoms with E-state index >= 15 is 0 Å². The molecule has 1 fully saturated rings. The molecule has 10 nitrogen and oxygen atoms in total. The molecule has 216 valence electrons. The first-order valence-corrected chi connectivity index (χ1v) is 13.3. The number of hydrogen-bond acceptors (Lipinski definition) is 6. The molecule has 0 spiro atoms. The second kappa shape index (κ2) is 10.0. The van der Waals surface area contributed by atoms with Crippen LogP contribution in [0.15, 0.2) is 55.0 Å². The van der Waals surface area contributed by atoms with Crippen molar-refractivity contribution in [2.24, 2.45) is 13.0 Å². The van der Waals surface area contributed by atoms with Gasteiger partial charge in [0.15, 0.2) is 0 Å². The third kappa shape index (κ3) is 4.89. The molecule has 2 aromatic carbocycles. The van der Waals surface area contributed by atoms with Gasteiger partial charge in [-0.25, -0.2) is 9.99 Å². The molecule has 0 radical (unpaired) electrons. The Bertz CT molecular complexity index is 1880. The van der Waals surface area contributed by atoms with Crippen LogP contribution in [0.3, 0.4) is 0 Å². The first-order chi connectivity index (χ1) is 19.9. The minimum atomic E-state index is -4.64. The number of aryl methyl sites for hydroxylation is 1. The Morgan fingerprint density at radius 3 is 2.50 bits per heavy atom. The van der Waals surface area contributed by atoms with Crippen molar-refractivity contribution in [3.63, 3.8) is 0 Å². The number of carbonyl (C=O) groups is 2. The van der Waals surface area contributed by atoms with Crippen LogP contribution in [0, 0.1) is 5.92 Å². The Morgan fingerprint density at radius 2 is 1.83 bits per heavy atom. The van der Waals surface area contributed by atoms with Gasteiger partial charge in [-0.05, 0) is 48.2 Å². The molecule has 0 saturated heterocycles. The topological polar surface area (TPSA) is 115 Å². The van der Waals surface area contributed by atoms with E-state index in [2.05, 4.69) is 15.2 Å². The average Bonchev–Trinajstić information content (AvgIpc) is 3.53. The number of benzene rings is 2. The van der Waals surface area contributed by atoms with Crippen LogP contribution in [0.25, 0.3) is 32.9 Å². The first kappa shape index (κ1) is 27.5. The number of halogens is 4. The minimum Gasteiger partial charge on any atom is -0.383 e. The number of alkyl halides is 3. The molecule has 2 amide bonds. The van der Waals surface area contributed by atoms with Gasteiger partial charge in [0.2, 0.25) is 5.91 Å². The van der Waals surface area contributed by atoms with Crippen molar-refractivity contribution in [1.29, 1.82) is 0 Å². The molecule has 5 aromatic rings. The Balaban J connectivity index is 1.36. The van der Waals surface area contributed by atoms with E-state index in [9.17, 15) is 22.8 Å². The van der Waals surface area contributed by atoms with Crippen LogP contribution in [0.4, 0.5) is 19.0 Å². The van der Waals surface area contributed by atoms with E-state index in [1.54, 1.807) is 48.3 Å². The van der Waals surface area contributed by atoms with Gasteiger partial charge in [-0.1, -0.05) is 23.7 Å². The molecule has 14 heteroatoms. The van der Waals surface area contributed by atoms with Gasteiger partial charge in [-0.3, -0.25) is 19.3 Å². The second-order valence-electron chi connectivity index (χ2n) is 10.2. The summed E-state index contributed by atoms with van der Waals surface area (Å²) in [6, 6.07) is 9.71. The highest BCUT2D eigenvalue weighted by molar-refractivity contribution is 6.31. The molecule has 42 heavy (non-hydrogen) atoms. The van der Waals surface area contributed by atoms with E-state index in [1.165, 1.54) is 23.1 Å². The first-order valence-electron chi connectivity index (χ1n) is 12.9.